The second-order valence-electron chi connectivity index (χ2n) is 7.28. The first kappa shape index (κ1) is 22.0. The lowest BCUT2D eigenvalue weighted by atomic mass is 9.68. The Kier molecular flexibility index (Phi) is 7.39. The number of carbonyl (C=O) groups is 2. The number of allylic oxidation sites excluding steroid dienone is 1. The highest BCUT2D eigenvalue weighted by atomic mass is 16.5. The third-order valence-electron chi connectivity index (χ3n) is 5.40. The van der Waals surface area contributed by atoms with Crippen molar-refractivity contribution in [3.8, 4) is 0 Å². The Labute approximate surface area is 183 Å². The number of ether oxygens (including phenoxy) is 2. The van der Waals surface area contributed by atoms with E-state index in [0.29, 0.717) is 0 Å². The van der Waals surface area contributed by atoms with E-state index in [-0.39, 0.29) is 6.42 Å². The van der Waals surface area contributed by atoms with Crippen molar-refractivity contribution in [1.29, 1.82) is 0 Å². The fourth-order valence-electron chi connectivity index (χ4n) is 3.87. The normalized spacial score (nSPS) is 12.3. The highest BCUT2D eigenvalue weighted by Gasteiger charge is 2.54. The summed E-state index contributed by atoms with van der Waals surface area (Å²) in [4.78, 5) is 26.6. The molecule has 0 bridgehead atoms. The first-order chi connectivity index (χ1) is 15.1. The molecular formula is C27H26O4. The van der Waals surface area contributed by atoms with Gasteiger partial charge in [0.15, 0.2) is 5.41 Å². The van der Waals surface area contributed by atoms with E-state index in [1.165, 1.54) is 14.2 Å². The lowest BCUT2D eigenvalue weighted by Gasteiger charge is -2.35. The van der Waals surface area contributed by atoms with E-state index >= 15 is 0 Å². The molecular weight excluding hydrogens is 388 g/mol. The van der Waals surface area contributed by atoms with Crippen molar-refractivity contribution >= 4 is 18.0 Å². The average molecular weight is 415 g/mol. The van der Waals surface area contributed by atoms with Crippen molar-refractivity contribution in [1.82, 2.24) is 0 Å². The van der Waals surface area contributed by atoms with Crippen LogP contribution in [0.3, 0.4) is 0 Å². The Morgan fingerprint density at radius 3 is 1.77 bits per heavy atom. The monoisotopic (exact) mass is 414 g/mol. The number of benzene rings is 3. The zero-order valence-electron chi connectivity index (χ0n) is 17.7. The summed E-state index contributed by atoms with van der Waals surface area (Å²) >= 11 is 0. The SMILES string of the molecule is COC(=O)C(Cc1ccccc1)(C(=O)OC)[C@H](/C=C/c1ccccc1)c1ccccc1. The van der Waals surface area contributed by atoms with Gasteiger partial charge >= 0.3 is 11.9 Å². The summed E-state index contributed by atoms with van der Waals surface area (Å²) in [6.07, 6.45) is 3.95. The van der Waals surface area contributed by atoms with E-state index < -0.39 is 23.3 Å². The topological polar surface area (TPSA) is 52.6 Å². The number of hydrogen-bond donors (Lipinski definition) is 0. The minimum atomic E-state index is -1.59. The standard InChI is InChI=1S/C27H26O4/c1-30-25(28)27(26(29)31-2,20-22-14-8-4-9-15-22)24(23-16-10-5-11-17-23)19-18-21-12-6-3-7-13-21/h3-19,24H,20H2,1-2H3/b19-18+/t24-/m1/s1. The molecule has 158 valence electrons. The van der Waals surface area contributed by atoms with Crippen molar-refractivity contribution in [2.45, 2.75) is 12.3 Å². The summed E-state index contributed by atoms with van der Waals surface area (Å²) < 4.78 is 10.4. The maximum atomic E-state index is 13.3. The summed E-state index contributed by atoms with van der Waals surface area (Å²) in [5.74, 6) is -1.86. The Balaban J connectivity index is 2.21. The molecule has 0 N–H and O–H groups in total. The van der Waals surface area contributed by atoms with Crippen LogP contribution < -0.4 is 0 Å². The number of hydrogen-bond acceptors (Lipinski definition) is 4. The van der Waals surface area contributed by atoms with Gasteiger partial charge in [-0.2, -0.15) is 0 Å². The highest BCUT2D eigenvalue weighted by Crippen LogP contribution is 2.43. The van der Waals surface area contributed by atoms with E-state index in [0.717, 1.165) is 16.7 Å². The molecule has 0 aliphatic rings. The van der Waals surface area contributed by atoms with Crippen LogP contribution in [0.15, 0.2) is 97.1 Å². The van der Waals surface area contributed by atoms with Gasteiger partial charge in [0, 0.05) is 12.3 Å². The molecule has 31 heavy (non-hydrogen) atoms. The van der Waals surface area contributed by atoms with Crippen LogP contribution >= 0.6 is 0 Å². The molecule has 3 aromatic carbocycles. The third kappa shape index (κ3) is 4.92. The van der Waals surface area contributed by atoms with Crippen molar-refractivity contribution in [3.05, 3.63) is 114 Å². The smallest absolute Gasteiger partial charge is 0.324 e. The van der Waals surface area contributed by atoms with E-state index in [4.69, 9.17) is 9.47 Å². The molecule has 1 atom stereocenters. The van der Waals surface area contributed by atoms with E-state index in [2.05, 4.69) is 0 Å². The van der Waals surface area contributed by atoms with Crippen LogP contribution in [0.4, 0.5) is 0 Å². The summed E-state index contributed by atoms with van der Waals surface area (Å²) in [5.41, 5.74) is 1.04. The summed E-state index contributed by atoms with van der Waals surface area (Å²) in [6.45, 7) is 0. The van der Waals surface area contributed by atoms with Crippen molar-refractivity contribution < 1.29 is 19.1 Å². The maximum Gasteiger partial charge on any atom is 0.324 e. The number of rotatable bonds is 8. The predicted octanol–water partition coefficient (Wildman–Crippen LogP) is 5.06. The van der Waals surface area contributed by atoms with E-state index in [1.54, 1.807) is 0 Å². The van der Waals surface area contributed by atoms with E-state index in [1.807, 2.05) is 103 Å². The largest absolute Gasteiger partial charge is 0.468 e. The second-order valence-corrected chi connectivity index (χ2v) is 7.28. The Morgan fingerprint density at radius 2 is 1.26 bits per heavy atom. The van der Waals surface area contributed by atoms with Gasteiger partial charge in [0.2, 0.25) is 0 Å². The lowest BCUT2D eigenvalue weighted by molar-refractivity contribution is -0.170. The lowest BCUT2D eigenvalue weighted by Crippen LogP contribution is -2.47. The van der Waals surface area contributed by atoms with Crippen molar-refractivity contribution in [2.75, 3.05) is 14.2 Å². The van der Waals surface area contributed by atoms with E-state index in [9.17, 15) is 9.59 Å². The van der Waals surface area contributed by atoms with Gasteiger partial charge in [-0.15, -0.1) is 0 Å². The summed E-state index contributed by atoms with van der Waals surface area (Å²) in [6, 6.07) is 28.7. The average Bonchev–Trinajstić information content (AvgIpc) is 2.84. The number of carbonyl (C=O) groups excluding carboxylic acids is 2. The van der Waals surface area contributed by atoms with Crippen LogP contribution in [-0.4, -0.2) is 26.2 Å². The van der Waals surface area contributed by atoms with Crippen molar-refractivity contribution in [2.24, 2.45) is 5.41 Å². The molecule has 0 saturated heterocycles. The summed E-state index contributed by atoms with van der Waals surface area (Å²) in [5, 5.41) is 0. The molecule has 0 aromatic heterocycles. The molecule has 0 aliphatic heterocycles. The molecule has 4 heteroatoms. The Morgan fingerprint density at radius 1 is 0.774 bits per heavy atom. The molecule has 3 aromatic rings. The minimum absolute atomic E-state index is 0.145. The van der Waals surface area contributed by atoms with Gasteiger partial charge < -0.3 is 9.47 Å². The fraction of sp³-hybridized carbons (Fsp3) is 0.185. The van der Waals surface area contributed by atoms with Gasteiger partial charge in [0.1, 0.15) is 0 Å². The van der Waals surface area contributed by atoms with Crippen LogP contribution in [0.25, 0.3) is 6.08 Å². The predicted molar refractivity (Wildman–Crippen MR) is 121 cm³/mol. The van der Waals surface area contributed by atoms with Gasteiger partial charge in [-0.25, -0.2) is 0 Å². The van der Waals surface area contributed by atoms with Crippen LogP contribution in [-0.2, 0) is 25.5 Å². The van der Waals surface area contributed by atoms with Crippen LogP contribution in [0, 0.1) is 5.41 Å². The number of esters is 2. The molecule has 0 fully saturated rings. The maximum absolute atomic E-state index is 13.3. The van der Waals surface area contributed by atoms with Crippen LogP contribution in [0.2, 0.25) is 0 Å². The molecule has 0 unspecified atom stereocenters. The van der Waals surface area contributed by atoms with Crippen LogP contribution in [0.5, 0.6) is 0 Å². The molecule has 0 amide bonds. The van der Waals surface area contributed by atoms with Crippen LogP contribution in [0.1, 0.15) is 22.6 Å². The Hall–Kier alpha value is -3.66. The summed E-state index contributed by atoms with van der Waals surface area (Å²) in [7, 11) is 2.60. The second kappa shape index (κ2) is 10.4. The molecule has 3 rings (SSSR count). The highest BCUT2D eigenvalue weighted by molar-refractivity contribution is 6.02. The molecule has 0 aliphatic carbocycles. The van der Waals surface area contributed by atoms with Gasteiger partial charge in [0.05, 0.1) is 14.2 Å². The molecule has 0 saturated carbocycles. The third-order valence-corrected chi connectivity index (χ3v) is 5.40. The van der Waals surface area contributed by atoms with Gasteiger partial charge in [-0.05, 0) is 16.7 Å². The Bertz CT molecular complexity index is 995. The molecule has 4 nitrogen and oxygen atoms in total. The van der Waals surface area contributed by atoms with Gasteiger partial charge in [-0.1, -0.05) is 103 Å². The first-order valence-corrected chi connectivity index (χ1v) is 10.1. The molecule has 0 radical (unpaired) electrons. The number of methoxy groups -OCH3 is 2. The molecule has 0 spiro atoms. The zero-order valence-corrected chi connectivity index (χ0v) is 17.7. The molecule has 0 heterocycles. The van der Waals surface area contributed by atoms with Gasteiger partial charge in [-0.3, -0.25) is 9.59 Å². The minimum Gasteiger partial charge on any atom is -0.468 e. The quantitative estimate of drug-likeness (QED) is 0.382. The van der Waals surface area contributed by atoms with Gasteiger partial charge in [0.25, 0.3) is 0 Å². The van der Waals surface area contributed by atoms with Crippen molar-refractivity contribution in [3.63, 3.8) is 0 Å². The fourth-order valence-corrected chi connectivity index (χ4v) is 3.87. The first-order valence-electron chi connectivity index (χ1n) is 10.1. The zero-order chi connectivity index (χ0) is 22.1.